The van der Waals surface area contributed by atoms with Crippen molar-refractivity contribution < 1.29 is 49.1 Å². The van der Waals surface area contributed by atoms with Gasteiger partial charge in [-0.05, 0) is 12.1 Å². The molecule has 0 aliphatic rings. The first-order valence-corrected chi connectivity index (χ1v) is 9.92. The first-order chi connectivity index (χ1) is 10.7. The Kier molecular flexibility index (Phi) is 4.03. The smallest absolute Gasteiger partial charge is 0.302 e. The molecule has 0 radical (unpaired) electrons. The summed E-state index contributed by atoms with van der Waals surface area (Å²) in [4.78, 5) is -3.89. The van der Waals surface area contributed by atoms with Crippen molar-refractivity contribution in [1.82, 2.24) is 0 Å². The maximum atomic E-state index is 11.4. The van der Waals surface area contributed by atoms with E-state index in [9.17, 15) is 35.5 Å². The van der Waals surface area contributed by atoms with E-state index in [1.54, 1.807) is 0 Å². The second-order valence-electron chi connectivity index (χ2n) is 4.49. The van der Waals surface area contributed by atoms with Crippen LogP contribution in [0.4, 0.5) is 0 Å². The SMILES string of the molecule is O=S(=O)(O)c1ccc2c(S(=O)(=O)O)c(O)c(S(=O)(=O)O)c(O)c2c1. The van der Waals surface area contributed by atoms with Gasteiger partial charge in [-0.2, -0.15) is 25.3 Å². The van der Waals surface area contributed by atoms with Crippen LogP contribution >= 0.6 is 0 Å². The third-order valence-corrected chi connectivity index (χ3v) is 5.63. The van der Waals surface area contributed by atoms with Crippen molar-refractivity contribution in [2.75, 3.05) is 0 Å². The lowest BCUT2D eigenvalue weighted by Gasteiger charge is -2.13. The lowest BCUT2D eigenvalue weighted by molar-refractivity contribution is 0.403. The molecule has 2 rings (SSSR count). The van der Waals surface area contributed by atoms with E-state index in [0.29, 0.717) is 18.2 Å². The molecule has 0 atom stereocenters. The molecule has 0 spiro atoms. The van der Waals surface area contributed by atoms with Gasteiger partial charge in [0.2, 0.25) is 0 Å². The minimum absolute atomic E-state index is 0.489. The summed E-state index contributed by atoms with van der Waals surface area (Å²) in [6.07, 6.45) is 0. The molecule has 0 amide bonds. The van der Waals surface area contributed by atoms with Crippen molar-refractivity contribution in [1.29, 1.82) is 0 Å². The molecular formula is C10H8O11S3. The Labute approximate surface area is 135 Å². The van der Waals surface area contributed by atoms with Gasteiger partial charge >= 0.3 is 10.1 Å². The first kappa shape index (κ1) is 18.4. The van der Waals surface area contributed by atoms with Crippen LogP contribution in [0.15, 0.2) is 32.9 Å². The van der Waals surface area contributed by atoms with E-state index >= 15 is 0 Å². The van der Waals surface area contributed by atoms with Crippen molar-refractivity contribution in [3.63, 3.8) is 0 Å². The third-order valence-electron chi connectivity index (χ3n) is 2.95. The summed E-state index contributed by atoms with van der Waals surface area (Å²) in [6.45, 7) is 0. The van der Waals surface area contributed by atoms with Crippen LogP contribution in [0.2, 0.25) is 0 Å². The normalized spacial score (nSPS) is 13.3. The second-order valence-corrected chi connectivity index (χ2v) is 8.63. The zero-order valence-corrected chi connectivity index (χ0v) is 13.6. The average molecular weight is 400 g/mol. The summed E-state index contributed by atoms with van der Waals surface area (Å²) >= 11 is 0. The predicted octanol–water partition coefficient (Wildman–Crippen LogP) is -0.00890. The standard InChI is InChI=1S/C10H8O11S3/c11-7-6-3-4(22(13,14)15)1-2-5(6)9(23(16,17)18)8(12)10(7)24(19,20)21/h1-3,11-12H,(H,13,14,15)(H,16,17,18)(H,19,20,21). The summed E-state index contributed by atoms with van der Waals surface area (Å²) in [5.74, 6) is -3.05. The van der Waals surface area contributed by atoms with E-state index in [4.69, 9.17) is 13.7 Å². The zero-order valence-electron chi connectivity index (χ0n) is 11.1. The Morgan fingerprint density at radius 1 is 0.625 bits per heavy atom. The number of benzene rings is 2. The molecule has 11 nitrogen and oxygen atoms in total. The maximum Gasteiger partial charge on any atom is 0.302 e. The molecule has 5 N–H and O–H groups in total. The highest BCUT2D eigenvalue weighted by Gasteiger charge is 2.32. The summed E-state index contributed by atoms with van der Waals surface area (Å²) in [7, 11) is -15.4. The van der Waals surface area contributed by atoms with Crippen LogP contribution in [0.25, 0.3) is 10.8 Å². The summed E-state index contributed by atoms with van der Waals surface area (Å²) in [6, 6.07) is 1.86. The first-order valence-electron chi connectivity index (χ1n) is 5.60. The van der Waals surface area contributed by atoms with Crippen molar-refractivity contribution in [3.05, 3.63) is 18.2 Å². The molecule has 0 aliphatic carbocycles. The van der Waals surface area contributed by atoms with Crippen molar-refractivity contribution in [3.8, 4) is 11.5 Å². The van der Waals surface area contributed by atoms with E-state index in [0.717, 1.165) is 0 Å². The van der Waals surface area contributed by atoms with Gasteiger partial charge in [0, 0.05) is 10.8 Å². The number of fused-ring (bicyclic) bond motifs is 1. The van der Waals surface area contributed by atoms with Gasteiger partial charge in [0.25, 0.3) is 20.2 Å². The van der Waals surface area contributed by atoms with Gasteiger partial charge in [0.1, 0.15) is 10.6 Å². The quantitative estimate of drug-likeness (QED) is 0.433. The van der Waals surface area contributed by atoms with Crippen LogP contribution in [0, 0.1) is 0 Å². The van der Waals surface area contributed by atoms with Gasteiger partial charge < -0.3 is 10.2 Å². The highest BCUT2D eigenvalue weighted by molar-refractivity contribution is 7.87. The molecule has 2 aromatic rings. The molecule has 132 valence electrons. The maximum absolute atomic E-state index is 11.4. The van der Waals surface area contributed by atoms with E-state index in [2.05, 4.69) is 0 Å². The fourth-order valence-electron chi connectivity index (χ4n) is 2.05. The van der Waals surface area contributed by atoms with Gasteiger partial charge in [-0.25, -0.2) is 0 Å². The number of phenolic OH excluding ortho intramolecular Hbond substituents is 2. The number of aromatic hydroxyl groups is 2. The molecule has 0 aromatic heterocycles. The average Bonchev–Trinajstić information content (AvgIpc) is 2.33. The fourth-order valence-corrected chi connectivity index (χ4v) is 4.12. The lowest BCUT2D eigenvalue weighted by Crippen LogP contribution is -2.07. The summed E-state index contributed by atoms with van der Waals surface area (Å²) in [5, 5.41) is 18.2. The molecule has 0 aliphatic heterocycles. The van der Waals surface area contributed by atoms with Gasteiger partial charge in [-0.1, -0.05) is 6.07 Å². The van der Waals surface area contributed by atoms with Crippen molar-refractivity contribution >= 4 is 41.1 Å². The third kappa shape index (κ3) is 3.02. The Balaban J connectivity index is 3.24. The Morgan fingerprint density at radius 2 is 1.12 bits per heavy atom. The largest absolute Gasteiger partial charge is 0.506 e. The van der Waals surface area contributed by atoms with Crippen LogP contribution in [-0.2, 0) is 30.4 Å². The highest BCUT2D eigenvalue weighted by Crippen LogP contribution is 2.44. The van der Waals surface area contributed by atoms with Crippen molar-refractivity contribution in [2.24, 2.45) is 0 Å². The minimum atomic E-state index is -5.37. The Bertz CT molecular complexity index is 1170. The lowest BCUT2D eigenvalue weighted by atomic mass is 10.1. The minimum Gasteiger partial charge on any atom is -0.506 e. The molecule has 0 saturated heterocycles. The van der Waals surface area contributed by atoms with Crippen LogP contribution < -0.4 is 0 Å². The van der Waals surface area contributed by atoms with Gasteiger partial charge in [0.05, 0.1) is 4.90 Å². The summed E-state index contributed by atoms with van der Waals surface area (Å²) in [5.41, 5.74) is 0. The predicted molar refractivity (Wildman–Crippen MR) is 76.7 cm³/mol. The number of phenols is 2. The highest BCUT2D eigenvalue weighted by atomic mass is 32.2. The van der Waals surface area contributed by atoms with Gasteiger partial charge in [0.15, 0.2) is 10.6 Å². The second kappa shape index (κ2) is 5.27. The molecule has 0 fully saturated rings. The zero-order chi connectivity index (χ0) is 18.7. The van der Waals surface area contributed by atoms with Gasteiger partial charge in [-0.3, -0.25) is 13.7 Å². The van der Waals surface area contributed by atoms with Gasteiger partial charge in [-0.15, -0.1) is 0 Å². The molecule has 0 bridgehead atoms. The molecule has 0 unspecified atom stereocenters. The number of hydrogen-bond acceptors (Lipinski definition) is 8. The summed E-state index contributed by atoms with van der Waals surface area (Å²) < 4.78 is 94.7. The molecular weight excluding hydrogens is 392 g/mol. The van der Waals surface area contributed by atoms with E-state index < -0.39 is 67.3 Å². The van der Waals surface area contributed by atoms with Crippen molar-refractivity contribution in [2.45, 2.75) is 14.7 Å². The number of rotatable bonds is 3. The molecule has 2 aromatic carbocycles. The molecule has 14 heteroatoms. The van der Waals surface area contributed by atoms with E-state index in [1.165, 1.54) is 0 Å². The monoisotopic (exact) mass is 400 g/mol. The van der Waals surface area contributed by atoms with Crippen LogP contribution in [0.1, 0.15) is 0 Å². The van der Waals surface area contributed by atoms with Crippen LogP contribution in [0.5, 0.6) is 11.5 Å². The molecule has 0 saturated carbocycles. The molecule has 24 heavy (non-hydrogen) atoms. The fraction of sp³-hybridized carbons (Fsp3) is 0. The van der Waals surface area contributed by atoms with Crippen LogP contribution in [0.3, 0.4) is 0 Å². The van der Waals surface area contributed by atoms with E-state index in [-0.39, 0.29) is 0 Å². The topological polar surface area (TPSA) is 204 Å². The number of hydrogen-bond donors (Lipinski definition) is 5. The Morgan fingerprint density at radius 3 is 1.54 bits per heavy atom. The van der Waals surface area contributed by atoms with E-state index in [1.807, 2.05) is 0 Å². The molecule has 0 heterocycles. The Hall–Kier alpha value is -1.97. The van der Waals surface area contributed by atoms with Crippen LogP contribution in [-0.4, -0.2) is 49.1 Å².